The molecule has 7 heteroatoms. The number of benzene rings is 1. The summed E-state index contributed by atoms with van der Waals surface area (Å²) in [5, 5.41) is 2.90. The van der Waals surface area contributed by atoms with E-state index in [-0.39, 0.29) is 11.8 Å². The van der Waals surface area contributed by atoms with Crippen molar-refractivity contribution in [3.63, 3.8) is 0 Å². The minimum Gasteiger partial charge on any atom is -0.439 e. The topological polar surface area (TPSA) is 54.5 Å². The third-order valence-corrected chi connectivity index (χ3v) is 4.52. The lowest BCUT2D eigenvalue weighted by molar-refractivity contribution is 0.202. The zero-order valence-electron chi connectivity index (χ0n) is 13.1. The number of thioether (sulfide) groups is 1. The molecular weight excluding hydrogens is 329 g/mol. The molecule has 0 atom stereocenters. The highest BCUT2D eigenvalue weighted by atomic mass is 32.2. The number of aromatic nitrogens is 1. The number of ether oxygens (including phenoxy) is 1. The van der Waals surface area contributed by atoms with E-state index in [0.717, 1.165) is 30.2 Å². The number of pyridine rings is 1. The van der Waals surface area contributed by atoms with Gasteiger partial charge in [-0.1, -0.05) is 6.07 Å². The van der Waals surface area contributed by atoms with Crippen LogP contribution in [0.15, 0.2) is 42.6 Å². The van der Waals surface area contributed by atoms with Crippen LogP contribution in [0.2, 0.25) is 0 Å². The first-order valence-electron chi connectivity index (χ1n) is 7.69. The van der Waals surface area contributed by atoms with Gasteiger partial charge < -0.3 is 15.0 Å². The molecule has 1 aromatic carbocycles. The summed E-state index contributed by atoms with van der Waals surface area (Å²) in [5.41, 5.74) is 0.890. The van der Waals surface area contributed by atoms with Gasteiger partial charge in [0.05, 0.1) is 0 Å². The molecule has 2 aromatic rings. The molecule has 1 aliphatic heterocycles. The highest BCUT2D eigenvalue weighted by Gasteiger charge is 2.15. The summed E-state index contributed by atoms with van der Waals surface area (Å²) in [6.45, 7) is 2.00. The molecule has 1 aliphatic rings. The number of hydrogen-bond acceptors (Lipinski definition) is 4. The molecule has 1 saturated heterocycles. The Labute approximate surface area is 144 Å². The summed E-state index contributed by atoms with van der Waals surface area (Å²) in [7, 11) is 0. The molecule has 1 aromatic heterocycles. The predicted octanol–water partition coefficient (Wildman–Crippen LogP) is 3.27. The van der Waals surface area contributed by atoms with Crippen LogP contribution >= 0.6 is 11.8 Å². The molecule has 0 aliphatic carbocycles. The van der Waals surface area contributed by atoms with E-state index < -0.39 is 0 Å². The molecule has 0 saturated carbocycles. The SMILES string of the molecule is O=C(NCc1ccc(Oc2ccc(F)cc2)nc1)N1CCSCC1. The number of carbonyl (C=O) groups excluding carboxylic acids is 1. The average molecular weight is 347 g/mol. The van der Waals surface area contributed by atoms with Gasteiger partial charge in [-0.2, -0.15) is 11.8 Å². The van der Waals surface area contributed by atoms with Crippen molar-refractivity contribution in [2.75, 3.05) is 24.6 Å². The number of rotatable bonds is 4. The number of halogens is 1. The van der Waals surface area contributed by atoms with E-state index in [0.29, 0.717) is 18.2 Å². The monoisotopic (exact) mass is 347 g/mol. The third kappa shape index (κ3) is 4.61. The van der Waals surface area contributed by atoms with Crippen LogP contribution in [0, 0.1) is 5.82 Å². The number of nitrogens with zero attached hydrogens (tertiary/aromatic N) is 2. The molecule has 1 fully saturated rings. The molecule has 2 amide bonds. The Hall–Kier alpha value is -2.28. The van der Waals surface area contributed by atoms with Crippen LogP contribution in [0.4, 0.5) is 9.18 Å². The first kappa shape index (κ1) is 16.6. The van der Waals surface area contributed by atoms with Gasteiger partial charge in [-0.25, -0.2) is 14.2 Å². The summed E-state index contributed by atoms with van der Waals surface area (Å²) < 4.78 is 18.4. The van der Waals surface area contributed by atoms with Crippen LogP contribution < -0.4 is 10.1 Å². The van der Waals surface area contributed by atoms with Crippen molar-refractivity contribution in [1.29, 1.82) is 0 Å². The van der Waals surface area contributed by atoms with E-state index in [1.54, 1.807) is 24.4 Å². The predicted molar refractivity (Wildman–Crippen MR) is 91.8 cm³/mol. The first-order valence-corrected chi connectivity index (χ1v) is 8.85. The number of nitrogens with one attached hydrogen (secondary N) is 1. The lowest BCUT2D eigenvalue weighted by Gasteiger charge is -2.26. The minimum atomic E-state index is -0.311. The lowest BCUT2D eigenvalue weighted by atomic mass is 10.3. The Morgan fingerprint density at radius 1 is 1.21 bits per heavy atom. The fourth-order valence-electron chi connectivity index (χ4n) is 2.26. The number of carbonyl (C=O) groups is 1. The number of urea groups is 1. The molecule has 126 valence electrons. The second kappa shape index (κ2) is 8.01. The van der Waals surface area contributed by atoms with Gasteiger partial charge in [0.1, 0.15) is 11.6 Å². The van der Waals surface area contributed by atoms with Crippen LogP contribution in [-0.2, 0) is 6.54 Å². The molecule has 5 nitrogen and oxygen atoms in total. The van der Waals surface area contributed by atoms with Gasteiger partial charge in [-0.3, -0.25) is 0 Å². The second-order valence-electron chi connectivity index (χ2n) is 5.32. The van der Waals surface area contributed by atoms with Gasteiger partial charge >= 0.3 is 6.03 Å². The zero-order valence-corrected chi connectivity index (χ0v) is 13.9. The third-order valence-electron chi connectivity index (χ3n) is 3.58. The van der Waals surface area contributed by atoms with Gasteiger partial charge in [0.15, 0.2) is 0 Å². The summed E-state index contributed by atoms with van der Waals surface area (Å²) >= 11 is 1.87. The molecule has 2 heterocycles. The average Bonchev–Trinajstić information content (AvgIpc) is 2.63. The van der Waals surface area contributed by atoms with E-state index in [9.17, 15) is 9.18 Å². The van der Waals surface area contributed by atoms with Gasteiger partial charge in [0.2, 0.25) is 5.88 Å². The molecule has 0 unspecified atom stereocenters. The summed E-state index contributed by atoms with van der Waals surface area (Å²) in [4.78, 5) is 18.1. The molecule has 1 N–H and O–H groups in total. The standard InChI is InChI=1S/C17H18FN3O2S/c18-14-2-4-15(5-3-14)23-16-6-1-13(11-19-16)12-20-17(22)21-7-9-24-10-8-21/h1-6,11H,7-10,12H2,(H,20,22). The molecule has 0 bridgehead atoms. The highest BCUT2D eigenvalue weighted by molar-refractivity contribution is 7.99. The largest absolute Gasteiger partial charge is 0.439 e. The lowest BCUT2D eigenvalue weighted by Crippen LogP contribution is -2.44. The van der Waals surface area contributed by atoms with E-state index in [1.807, 2.05) is 22.7 Å². The fraction of sp³-hybridized carbons (Fsp3) is 0.294. The summed E-state index contributed by atoms with van der Waals surface area (Å²) in [6.07, 6.45) is 1.66. The Bertz CT molecular complexity index is 673. The second-order valence-corrected chi connectivity index (χ2v) is 6.54. The van der Waals surface area contributed by atoms with E-state index in [2.05, 4.69) is 10.3 Å². The molecular formula is C17H18FN3O2S. The fourth-order valence-corrected chi connectivity index (χ4v) is 3.16. The van der Waals surface area contributed by atoms with Crippen molar-refractivity contribution in [1.82, 2.24) is 15.2 Å². The summed E-state index contributed by atoms with van der Waals surface area (Å²) in [5.74, 6) is 2.61. The Balaban J connectivity index is 1.50. The van der Waals surface area contributed by atoms with Crippen molar-refractivity contribution in [2.24, 2.45) is 0 Å². The molecule has 3 rings (SSSR count). The van der Waals surface area contributed by atoms with E-state index in [1.165, 1.54) is 12.1 Å². The van der Waals surface area contributed by atoms with Crippen molar-refractivity contribution < 1.29 is 13.9 Å². The van der Waals surface area contributed by atoms with Crippen molar-refractivity contribution in [2.45, 2.75) is 6.54 Å². The molecule has 24 heavy (non-hydrogen) atoms. The van der Waals surface area contributed by atoms with Crippen molar-refractivity contribution in [3.8, 4) is 11.6 Å². The Kier molecular flexibility index (Phi) is 5.53. The Morgan fingerprint density at radius 3 is 2.62 bits per heavy atom. The maximum absolute atomic E-state index is 12.9. The van der Waals surface area contributed by atoms with Crippen LogP contribution in [0.1, 0.15) is 5.56 Å². The quantitative estimate of drug-likeness (QED) is 0.922. The molecule has 0 spiro atoms. The summed E-state index contributed by atoms with van der Waals surface area (Å²) in [6, 6.07) is 9.28. The first-order chi connectivity index (χ1) is 11.7. The van der Waals surface area contributed by atoms with Crippen molar-refractivity contribution >= 4 is 17.8 Å². The number of hydrogen-bond donors (Lipinski definition) is 1. The maximum atomic E-state index is 12.9. The van der Waals surface area contributed by atoms with Gasteiger partial charge in [-0.05, 0) is 29.8 Å². The Morgan fingerprint density at radius 2 is 1.96 bits per heavy atom. The number of amides is 2. The van der Waals surface area contributed by atoms with Gasteiger partial charge in [0, 0.05) is 43.4 Å². The minimum absolute atomic E-state index is 0.0399. The van der Waals surface area contributed by atoms with Crippen molar-refractivity contribution in [3.05, 3.63) is 54.0 Å². The van der Waals surface area contributed by atoms with Crippen LogP contribution in [0.25, 0.3) is 0 Å². The van der Waals surface area contributed by atoms with Gasteiger partial charge in [0.25, 0.3) is 0 Å². The smallest absolute Gasteiger partial charge is 0.317 e. The van der Waals surface area contributed by atoms with Crippen LogP contribution in [0.3, 0.4) is 0 Å². The maximum Gasteiger partial charge on any atom is 0.317 e. The highest BCUT2D eigenvalue weighted by Crippen LogP contribution is 2.19. The molecule has 0 radical (unpaired) electrons. The van der Waals surface area contributed by atoms with Crippen LogP contribution in [-0.4, -0.2) is 40.5 Å². The van der Waals surface area contributed by atoms with Crippen LogP contribution in [0.5, 0.6) is 11.6 Å². The normalized spacial score (nSPS) is 14.3. The zero-order chi connectivity index (χ0) is 16.8. The van der Waals surface area contributed by atoms with E-state index in [4.69, 9.17) is 4.74 Å². The van der Waals surface area contributed by atoms with E-state index >= 15 is 0 Å². The van der Waals surface area contributed by atoms with Gasteiger partial charge in [-0.15, -0.1) is 0 Å².